The molecule has 2 aromatic heterocycles. The lowest BCUT2D eigenvalue weighted by Crippen LogP contribution is -2.13. The average molecular weight is 258 g/mol. The third kappa shape index (κ3) is 2.47. The summed E-state index contributed by atoms with van der Waals surface area (Å²) in [7, 11) is 0. The Balaban J connectivity index is 1.57. The zero-order valence-electron chi connectivity index (χ0n) is 10.7. The SMILES string of the molecule is Cc1cccnc1CNCc1cc2c(s1)CCC2. The van der Waals surface area contributed by atoms with Gasteiger partial charge < -0.3 is 5.32 Å². The highest BCUT2D eigenvalue weighted by Crippen LogP contribution is 2.30. The summed E-state index contributed by atoms with van der Waals surface area (Å²) in [5.41, 5.74) is 4.01. The van der Waals surface area contributed by atoms with Crippen molar-refractivity contribution in [2.45, 2.75) is 39.3 Å². The Morgan fingerprint density at radius 2 is 2.28 bits per heavy atom. The van der Waals surface area contributed by atoms with Gasteiger partial charge in [0.1, 0.15) is 0 Å². The molecule has 0 atom stereocenters. The molecule has 0 bridgehead atoms. The van der Waals surface area contributed by atoms with Crippen LogP contribution in [0.1, 0.15) is 33.0 Å². The summed E-state index contributed by atoms with van der Waals surface area (Å²) in [4.78, 5) is 7.48. The summed E-state index contributed by atoms with van der Waals surface area (Å²) in [5.74, 6) is 0. The van der Waals surface area contributed by atoms with Crippen molar-refractivity contribution in [3.05, 3.63) is 51.0 Å². The first-order valence-electron chi connectivity index (χ1n) is 6.54. The van der Waals surface area contributed by atoms with Gasteiger partial charge >= 0.3 is 0 Å². The normalized spacial score (nSPS) is 13.8. The van der Waals surface area contributed by atoms with Crippen LogP contribution in [0.25, 0.3) is 0 Å². The third-order valence-electron chi connectivity index (χ3n) is 3.51. The summed E-state index contributed by atoms with van der Waals surface area (Å²) >= 11 is 1.98. The summed E-state index contributed by atoms with van der Waals surface area (Å²) in [5, 5.41) is 3.50. The molecular formula is C15H18N2S. The number of nitrogens with zero attached hydrogens (tertiary/aromatic N) is 1. The average Bonchev–Trinajstić information content (AvgIpc) is 2.92. The Kier molecular flexibility index (Phi) is 3.43. The van der Waals surface area contributed by atoms with E-state index in [2.05, 4.69) is 29.4 Å². The highest BCUT2D eigenvalue weighted by Gasteiger charge is 2.14. The maximum absolute atomic E-state index is 4.40. The highest BCUT2D eigenvalue weighted by molar-refractivity contribution is 7.12. The Hall–Kier alpha value is -1.19. The van der Waals surface area contributed by atoms with Gasteiger partial charge in [0.2, 0.25) is 0 Å². The van der Waals surface area contributed by atoms with Gasteiger partial charge in [-0.25, -0.2) is 0 Å². The highest BCUT2D eigenvalue weighted by atomic mass is 32.1. The number of fused-ring (bicyclic) bond motifs is 1. The quantitative estimate of drug-likeness (QED) is 0.910. The van der Waals surface area contributed by atoms with Crippen LogP contribution in [-0.4, -0.2) is 4.98 Å². The molecule has 3 heteroatoms. The van der Waals surface area contributed by atoms with Crippen LogP contribution in [0.3, 0.4) is 0 Å². The van der Waals surface area contributed by atoms with Crippen LogP contribution in [0.2, 0.25) is 0 Å². The van der Waals surface area contributed by atoms with Crippen molar-refractivity contribution in [3.8, 4) is 0 Å². The predicted octanol–water partition coefficient (Wildman–Crippen LogP) is 3.23. The number of pyridine rings is 1. The fraction of sp³-hybridized carbons (Fsp3) is 0.400. The van der Waals surface area contributed by atoms with Crippen molar-refractivity contribution >= 4 is 11.3 Å². The summed E-state index contributed by atoms with van der Waals surface area (Å²) in [6.45, 7) is 3.94. The lowest BCUT2D eigenvalue weighted by molar-refractivity contribution is 0.682. The fourth-order valence-corrected chi connectivity index (χ4v) is 3.72. The van der Waals surface area contributed by atoms with Gasteiger partial charge in [-0.2, -0.15) is 0 Å². The molecule has 0 saturated heterocycles. The molecular weight excluding hydrogens is 240 g/mol. The Bertz CT molecular complexity index is 524. The van der Waals surface area contributed by atoms with Crippen molar-refractivity contribution in [1.82, 2.24) is 10.3 Å². The van der Waals surface area contributed by atoms with E-state index >= 15 is 0 Å². The second kappa shape index (κ2) is 5.21. The number of aromatic nitrogens is 1. The number of aryl methyl sites for hydroxylation is 3. The molecule has 0 unspecified atom stereocenters. The summed E-state index contributed by atoms with van der Waals surface area (Å²) in [6, 6.07) is 6.48. The summed E-state index contributed by atoms with van der Waals surface area (Å²) in [6.07, 6.45) is 5.79. The molecule has 0 saturated carbocycles. The third-order valence-corrected chi connectivity index (χ3v) is 4.74. The van der Waals surface area contributed by atoms with Crippen molar-refractivity contribution in [2.75, 3.05) is 0 Å². The van der Waals surface area contributed by atoms with Crippen LogP contribution in [0.5, 0.6) is 0 Å². The van der Waals surface area contributed by atoms with E-state index in [1.54, 1.807) is 10.4 Å². The molecule has 94 valence electrons. The molecule has 1 aliphatic carbocycles. The van der Waals surface area contributed by atoms with Gasteiger partial charge in [-0.1, -0.05) is 6.07 Å². The van der Waals surface area contributed by atoms with E-state index < -0.39 is 0 Å². The van der Waals surface area contributed by atoms with E-state index in [-0.39, 0.29) is 0 Å². The van der Waals surface area contributed by atoms with Crippen molar-refractivity contribution in [1.29, 1.82) is 0 Å². The van der Waals surface area contributed by atoms with Crippen LogP contribution in [-0.2, 0) is 25.9 Å². The van der Waals surface area contributed by atoms with E-state index in [9.17, 15) is 0 Å². The van der Waals surface area contributed by atoms with Crippen LogP contribution in [0.15, 0.2) is 24.4 Å². The molecule has 0 amide bonds. The van der Waals surface area contributed by atoms with Gasteiger partial charge in [0.05, 0.1) is 5.69 Å². The monoisotopic (exact) mass is 258 g/mol. The molecule has 2 nitrogen and oxygen atoms in total. The van der Waals surface area contributed by atoms with Crippen LogP contribution >= 0.6 is 11.3 Å². The van der Waals surface area contributed by atoms with Gasteiger partial charge in [-0.3, -0.25) is 4.98 Å². The number of nitrogens with one attached hydrogen (secondary N) is 1. The smallest absolute Gasteiger partial charge is 0.0570 e. The maximum Gasteiger partial charge on any atom is 0.0570 e. The molecule has 18 heavy (non-hydrogen) atoms. The van der Waals surface area contributed by atoms with E-state index in [4.69, 9.17) is 0 Å². The topological polar surface area (TPSA) is 24.9 Å². The minimum Gasteiger partial charge on any atom is -0.306 e. The van der Waals surface area contributed by atoms with Gasteiger partial charge in [-0.15, -0.1) is 11.3 Å². The largest absolute Gasteiger partial charge is 0.306 e. The number of thiophene rings is 1. The van der Waals surface area contributed by atoms with E-state index in [0.717, 1.165) is 18.8 Å². The zero-order chi connectivity index (χ0) is 12.4. The number of rotatable bonds is 4. The van der Waals surface area contributed by atoms with Crippen LogP contribution in [0.4, 0.5) is 0 Å². The standard InChI is InChI=1S/C15H18N2S/c1-11-4-3-7-17-14(11)10-16-9-13-8-12-5-2-6-15(12)18-13/h3-4,7-8,16H,2,5-6,9-10H2,1H3. The number of hydrogen-bond acceptors (Lipinski definition) is 3. The Morgan fingerprint density at radius 1 is 1.33 bits per heavy atom. The first-order chi connectivity index (χ1) is 8.83. The molecule has 2 heterocycles. The molecule has 0 radical (unpaired) electrons. The van der Waals surface area contributed by atoms with Crippen molar-refractivity contribution < 1.29 is 0 Å². The summed E-state index contributed by atoms with van der Waals surface area (Å²) < 4.78 is 0. The van der Waals surface area contributed by atoms with Gasteiger partial charge in [0.25, 0.3) is 0 Å². The van der Waals surface area contributed by atoms with E-state index in [1.807, 2.05) is 23.6 Å². The van der Waals surface area contributed by atoms with Crippen LogP contribution < -0.4 is 5.32 Å². The fourth-order valence-electron chi connectivity index (χ4n) is 2.49. The first-order valence-corrected chi connectivity index (χ1v) is 7.36. The lowest BCUT2D eigenvalue weighted by atomic mass is 10.2. The van der Waals surface area contributed by atoms with Crippen LogP contribution in [0, 0.1) is 6.92 Å². The zero-order valence-corrected chi connectivity index (χ0v) is 11.5. The second-order valence-corrected chi connectivity index (χ2v) is 6.11. The molecule has 0 fully saturated rings. The van der Waals surface area contributed by atoms with E-state index in [0.29, 0.717) is 0 Å². The van der Waals surface area contributed by atoms with Gasteiger partial charge in [0, 0.05) is 29.0 Å². The molecule has 3 rings (SSSR count). The second-order valence-electron chi connectivity index (χ2n) is 4.89. The molecule has 1 aliphatic rings. The Morgan fingerprint density at radius 3 is 3.11 bits per heavy atom. The van der Waals surface area contributed by atoms with Gasteiger partial charge in [-0.05, 0) is 49.4 Å². The molecule has 1 N–H and O–H groups in total. The minimum atomic E-state index is 0.856. The minimum absolute atomic E-state index is 0.856. The maximum atomic E-state index is 4.40. The molecule has 0 spiro atoms. The van der Waals surface area contributed by atoms with E-state index in [1.165, 1.54) is 29.7 Å². The Labute approximate surface area is 112 Å². The van der Waals surface area contributed by atoms with Crippen molar-refractivity contribution in [3.63, 3.8) is 0 Å². The first kappa shape index (κ1) is 11.9. The number of hydrogen-bond donors (Lipinski definition) is 1. The molecule has 0 aromatic carbocycles. The van der Waals surface area contributed by atoms with Gasteiger partial charge in [0.15, 0.2) is 0 Å². The molecule has 2 aromatic rings. The molecule has 0 aliphatic heterocycles. The lowest BCUT2D eigenvalue weighted by Gasteiger charge is -2.05. The van der Waals surface area contributed by atoms with Crippen molar-refractivity contribution in [2.24, 2.45) is 0 Å². The predicted molar refractivity (Wildman–Crippen MR) is 75.9 cm³/mol.